The van der Waals surface area contributed by atoms with Crippen molar-refractivity contribution < 1.29 is 22.7 Å². The topological polar surface area (TPSA) is 97.3 Å². The average Bonchev–Trinajstić information content (AvgIpc) is 2.86. The van der Waals surface area contributed by atoms with E-state index in [1.165, 1.54) is 13.3 Å². The van der Waals surface area contributed by atoms with E-state index in [1.54, 1.807) is 30.3 Å². The van der Waals surface area contributed by atoms with Crippen molar-refractivity contribution in [3.63, 3.8) is 0 Å². The third-order valence-corrected chi connectivity index (χ3v) is 7.62. The lowest BCUT2D eigenvalue weighted by Crippen LogP contribution is -2.39. The molecule has 3 rings (SSSR count). The van der Waals surface area contributed by atoms with Crippen LogP contribution in [0.3, 0.4) is 0 Å². The Hall–Kier alpha value is -3.08. The first-order chi connectivity index (χ1) is 18.0. The fraction of sp³-hybridized carbons (Fsp3) is 0.259. The molecule has 1 amide bonds. The summed E-state index contributed by atoms with van der Waals surface area (Å²) in [6, 6.07) is 17.9. The lowest BCUT2D eigenvalue weighted by atomic mass is 10.0. The Morgan fingerprint density at radius 2 is 1.84 bits per heavy atom. The van der Waals surface area contributed by atoms with Crippen LogP contribution in [0.5, 0.6) is 11.5 Å². The van der Waals surface area contributed by atoms with Gasteiger partial charge in [0.25, 0.3) is 5.91 Å². The van der Waals surface area contributed by atoms with Gasteiger partial charge in [-0.15, -0.1) is 0 Å². The van der Waals surface area contributed by atoms with E-state index in [0.29, 0.717) is 38.2 Å². The monoisotopic (exact) mass is 621 g/mol. The summed E-state index contributed by atoms with van der Waals surface area (Å²) in [6.45, 7) is 3.92. The molecule has 11 heteroatoms. The zero-order valence-corrected chi connectivity index (χ0v) is 24.6. The van der Waals surface area contributed by atoms with Crippen molar-refractivity contribution in [2.75, 3.05) is 24.2 Å². The third kappa shape index (κ3) is 7.96. The second-order valence-corrected chi connectivity index (χ2v) is 11.9. The van der Waals surface area contributed by atoms with Gasteiger partial charge in [0.2, 0.25) is 10.0 Å². The van der Waals surface area contributed by atoms with Gasteiger partial charge in [-0.2, -0.15) is 5.10 Å². The Morgan fingerprint density at radius 1 is 1.16 bits per heavy atom. The lowest BCUT2D eigenvalue weighted by Gasteiger charge is -2.21. The second kappa shape index (κ2) is 13.1. The number of hydrogen-bond donors (Lipinski definition) is 1. The summed E-state index contributed by atoms with van der Waals surface area (Å²) < 4.78 is 37.7. The van der Waals surface area contributed by atoms with E-state index in [-0.39, 0.29) is 6.61 Å². The molecule has 0 unspecified atom stereocenters. The molecule has 0 heterocycles. The number of ether oxygens (including phenoxy) is 2. The average molecular weight is 623 g/mol. The number of anilines is 1. The molecule has 0 atom stereocenters. The number of halogens is 2. The minimum Gasteiger partial charge on any atom is -0.493 e. The fourth-order valence-corrected chi connectivity index (χ4v) is 5.11. The minimum absolute atomic E-state index is 0.245. The van der Waals surface area contributed by atoms with Crippen molar-refractivity contribution in [2.24, 2.45) is 5.10 Å². The van der Waals surface area contributed by atoms with E-state index < -0.39 is 22.5 Å². The Kier molecular flexibility index (Phi) is 10.2. The summed E-state index contributed by atoms with van der Waals surface area (Å²) >= 11 is 9.69. The van der Waals surface area contributed by atoms with Gasteiger partial charge in [-0.1, -0.05) is 55.8 Å². The number of carbonyl (C=O) groups excluding carboxylic acids is 1. The number of nitrogens with zero attached hydrogens (tertiary/aromatic N) is 2. The first kappa shape index (κ1) is 29.5. The first-order valence-corrected chi connectivity index (χ1v) is 14.6. The maximum absolute atomic E-state index is 12.5. The Bertz CT molecular complexity index is 1410. The molecule has 1 N–H and O–H groups in total. The quantitative estimate of drug-likeness (QED) is 0.218. The van der Waals surface area contributed by atoms with Gasteiger partial charge in [-0.25, -0.2) is 13.8 Å². The third-order valence-electron chi connectivity index (χ3n) is 5.52. The molecule has 202 valence electrons. The minimum atomic E-state index is -3.70. The number of rotatable bonds is 11. The van der Waals surface area contributed by atoms with E-state index in [1.807, 2.05) is 44.2 Å². The fourth-order valence-electron chi connectivity index (χ4n) is 3.49. The summed E-state index contributed by atoms with van der Waals surface area (Å²) in [5.74, 6) is 0.647. The van der Waals surface area contributed by atoms with Crippen molar-refractivity contribution in [2.45, 2.75) is 26.4 Å². The van der Waals surface area contributed by atoms with Crippen LogP contribution in [0.2, 0.25) is 5.02 Å². The van der Waals surface area contributed by atoms with E-state index in [2.05, 4.69) is 26.5 Å². The van der Waals surface area contributed by atoms with Gasteiger partial charge in [-0.05, 0) is 63.3 Å². The molecule has 0 spiro atoms. The van der Waals surface area contributed by atoms with Crippen molar-refractivity contribution in [1.82, 2.24) is 5.43 Å². The van der Waals surface area contributed by atoms with E-state index in [9.17, 15) is 13.2 Å². The highest BCUT2D eigenvalue weighted by molar-refractivity contribution is 9.10. The smallest absolute Gasteiger partial charge is 0.260 e. The van der Waals surface area contributed by atoms with Crippen molar-refractivity contribution in [3.8, 4) is 11.5 Å². The highest BCUT2D eigenvalue weighted by Crippen LogP contribution is 2.37. The van der Waals surface area contributed by atoms with Crippen LogP contribution in [0.1, 0.15) is 36.5 Å². The molecular weight excluding hydrogens is 594 g/mol. The molecule has 3 aromatic rings. The summed E-state index contributed by atoms with van der Waals surface area (Å²) in [4.78, 5) is 12.5. The lowest BCUT2D eigenvalue weighted by molar-refractivity contribution is -0.119. The number of benzene rings is 3. The molecule has 0 saturated carbocycles. The van der Waals surface area contributed by atoms with Gasteiger partial charge in [-0.3, -0.25) is 9.10 Å². The maximum atomic E-state index is 12.5. The van der Waals surface area contributed by atoms with Gasteiger partial charge in [0.15, 0.2) is 11.5 Å². The van der Waals surface area contributed by atoms with Crippen LogP contribution in [-0.4, -0.2) is 40.4 Å². The van der Waals surface area contributed by atoms with Crippen LogP contribution in [0.15, 0.2) is 70.2 Å². The number of carbonyl (C=O) groups is 1. The van der Waals surface area contributed by atoms with Crippen LogP contribution < -0.4 is 19.2 Å². The highest BCUT2D eigenvalue weighted by Gasteiger charge is 2.21. The van der Waals surface area contributed by atoms with Gasteiger partial charge in [0.05, 0.1) is 29.7 Å². The standard InChI is InChI=1S/C27H29BrClN3O5S/c1-18(2)20-9-11-22(12-10-20)32(38(4,34)35)16-26(33)31-30-15-19-13-23(28)27(25(14-19)36-3)37-17-21-7-5-6-8-24(21)29/h5-15,18H,16-17H2,1-4H3,(H,31,33)/b30-15-. The van der Waals surface area contributed by atoms with E-state index in [4.69, 9.17) is 21.1 Å². The van der Waals surface area contributed by atoms with Crippen molar-refractivity contribution in [1.29, 1.82) is 0 Å². The van der Waals surface area contributed by atoms with E-state index in [0.717, 1.165) is 21.7 Å². The van der Waals surface area contributed by atoms with Crippen LogP contribution in [0.25, 0.3) is 0 Å². The number of amides is 1. The highest BCUT2D eigenvalue weighted by atomic mass is 79.9. The van der Waals surface area contributed by atoms with Gasteiger partial charge < -0.3 is 9.47 Å². The van der Waals surface area contributed by atoms with Gasteiger partial charge >= 0.3 is 0 Å². The maximum Gasteiger partial charge on any atom is 0.260 e. The number of sulfonamides is 1. The summed E-state index contributed by atoms with van der Waals surface area (Å²) in [7, 11) is -2.18. The largest absolute Gasteiger partial charge is 0.493 e. The number of hydrogen-bond acceptors (Lipinski definition) is 6. The van der Waals surface area contributed by atoms with E-state index >= 15 is 0 Å². The molecule has 0 aliphatic carbocycles. The first-order valence-electron chi connectivity index (χ1n) is 11.6. The van der Waals surface area contributed by atoms with Crippen LogP contribution in [0, 0.1) is 0 Å². The molecular formula is C27H29BrClN3O5S. The summed E-state index contributed by atoms with van der Waals surface area (Å²) in [5, 5.41) is 4.58. The van der Waals surface area contributed by atoms with Crippen molar-refractivity contribution >= 4 is 55.4 Å². The molecule has 0 saturated heterocycles. The predicted octanol–water partition coefficient (Wildman–Crippen LogP) is 5.73. The second-order valence-electron chi connectivity index (χ2n) is 8.72. The molecule has 0 aromatic heterocycles. The molecule has 0 aliphatic heterocycles. The zero-order valence-electron chi connectivity index (χ0n) is 21.4. The molecule has 0 radical (unpaired) electrons. The normalized spacial score (nSPS) is 11.6. The number of hydrazone groups is 1. The van der Waals surface area contributed by atoms with Gasteiger partial charge in [0.1, 0.15) is 13.2 Å². The number of nitrogens with one attached hydrogen (secondary N) is 1. The molecule has 3 aromatic carbocycles. The summed E-state index contributed by atoms with van der Waals surface area (Å²) in [6.07, 6.45) is 2.48. The molecule has 38 heavy (non-hydrogen) atoms. The molecule has 8 nitrogen and oxygen atoms in total. The molecule has 0 bridgehead atoms. The van der Waals surface area contributed by atoms with Crippen LogP contribution >= 0.6 is 27.5 Å². The molecule has 0 aliphatic rings. The van der Waals surface area contributed by atoms with Crippen LogP contribution in [0.4, 0.5) is 5.69 Å². The predicted molar refractivity (Wildman–Crippen MR) is 155 cm³/mol. The SMILES string of the molecule is COc1cc(/C=N\NC(=O)CN(c2ccc(C(C)C)cc2)S(C)(=O)=O)cc(Br)c1OCc1ccccc1Cl. The van der Waals surface area contributed by atoms with Gasteiger partial charge in [0, 0.05) is 10.6 Å². The Balaban J connectivity index is 1.68. The van der Waals surface area contributed by atoms with Crippen LogP contribution in [-0.2, 0) is 21.4 Å². The summed E-state index contributed by atoms with van der Waals surface area (Å²) in [5.41, 5.74) is 5.29. The molecule has 0 fully saturated rings. The Morgan fingerprint density at radius 3 is 2.45 bits per heavy atom. The van der Waals surface area contributed by atoms with Crippen molar-refractivity contribution in [3.05, 3.63) is 86.8 Å². The zero-order chi connectivity index (χ0) is 27.9. The Labute approximate surface area is 236 Å². The number of methoxy groups -OCH3 is 1.